The number of benzene rings is 2. The molecule has 0 unspecified atom stereocenters. The number of hydrogen-bond donors (Lipinski definition) is 1. The molecule has 4 heterocycles. The molecule has 0 saturated carbocycles. The molecule has 5 nitrogen and oxygen atoms in total. The summed E-state index contributed by atoms with van der Waals surface area (Å²) in [5.41, 5.74) is 10.3. The van der Waals surface area contributed by atoms with Gasteiger partial charge in [-0.3, -0.25) is 9.69 Å². The minimum Gasteiger partial charge on any atom is -0.366 e. The van der Waals surface area contributed by atoms with Crippen molar-refractivity contribution in [3.8, 4) is 11.4 Å². The van der Waals surface area contributed by atoms with Crippen molar-refractivity contribution in [2.24, 2.45) is 5.73 Å². The van der Waals surface area contributed by atoms with Crippen LogP contribution in [0.25, 0.3) is 11.4 Å². The number of carbonyl (C=O) groups excluding carboxylic acids is 1. The van der Waals surface area contributed by atoms with Gasteiger partial charge in [0.1, 0.15) is 0 Å². The molecular formula is C23H20Cl2N4O. The Kier molecular flexibility index (Phi) is 4.77. The van der Waals surface area contributed by atoms with Crippen LogP contribution in [0.3, 0.4) is 0 Å². The van der Waals surface area contributed by atoms with Crippen molar-refractivity contribution in [2.75, 3.05) is 13.1 Å². The summed E-state index contributed by atoms with van der Waals surface area (Å²) in [4.78, 5) is 22.5. The third-order valence-electron chi connectivity index (χ3n) is 6.39. The van der Waals surface area contributed by atoms with Gasteiger partial charge in [0.05, 0.1) is 15.6 Å². The van der Waals surface area contributed by atoms with Gasteiger partial charge in [-0.25, -0.2) is 9.97 Å². The van der Waals surface area contributed by atoms with E-state index in [1.165, 1.54) is 29.1 Å². The quantitative estimate of drug-likeness (QED) is 0.655. The Bertz CT molecular complexity index is 1140. The zero-order valence-corrected chi connectivity index (χ0v) is 17.7. The molecule has 2 bridgehead atoms. The predicted molar refractivity (Wildman–Crippen MR) is 118 cm³/mol. The molecule has 3 aliphatic heterocycles. The molecule has 1 amide bonds. The molecule has 7 heteroatoms. The molecule has 1 fully saturated rings. The zero-order valence-electron chi connectivity index (χ0n) is 16.2. The Morgan fingerprint density at radius 2 is 1.73 bits per heavy atom. The van der Waals surface area contributed by atoms with E-state index in [9.17, 15) is 4.79 Å². The summed E-state index contributed by atoms with van der Waals surface area (Å²) in [5, 5.41) is 1.17. The first-order chi connectivity index (χ1) is 14.5. The van der Waals surface area contributed by atoms with Gasteiger partial charge in [0.15, 0.2) is 5.82 Å². The van der Waals surface area contributed by atoms with Crippen LogP contribution in [0.4, 0.5) is 0 Å². The molecular weight excluding hydrogens is 419 g/mol. The highest BCUT2D eigenvalue weighted by Gasteiger charge is 2.42. The second-order valence-electron chi connectivity index (χ2n) is 8.02. The highest BCUT2D eigenvalue weighted by Crippen LogP contribution is 2.47. The molecule has 30 heavy (non-hydrogen) atoms. The van der Waals surface area contributed by atoms with Crippen LogP contribution in [0.15, 0.2) is 48.8 Å². The second-order valence-corrected chi connectivity index (χ2v) is 8.83. The van der Waals surface area contributed by atoms with Crippen molar-refractivity contribution in [1.29, 1.82) is 0 Å². The lowest BCUT2D eigenvalue weighted by Gasteiger charge is -2.39. The molecule has 2 aromatic carbocycles. The van der Waals surface area contributed by atoms with Crippen molar-refractivity contribution in [1.82, 2.24) is 14.9 Å². The smallest absolute Gasteiger partial charge is 0.251 e. The molecule has 152 valence electrons. The van der Waals surface area contributed by atoms with Crippen molar-refractivity contribution in [3.63, 3.8) is 0 Å². The summed E-state index contributed by atoms with van der Waals surface area (Å²) < 4.78 is 0. The third kappa shape index (κ3) is 3.18. The normalized spacial score (nSPS) is 22.4. The molecule has 3 aromatic rings. The van der Waals surface area contributed by atoms with Crippen molar-refractivity contribution in [3.05, 3.63) is 81.1 Å². The molecule has 1 saturated heterocycles. The lowest BCUT2D eigenvalue weighted by Crippen LogP contribution is -2.39. The van der Waals surface area contributed by atoms with E-state index in [0.717, 1.165) is 38.0 Å². The minimum absolute atomic E-state index is 0.0776. The fraction of sp³-hybridized carbons (Fsp3) is 0.261. The van der Waals surface area contributed by atoms with Gasteiger partial charge in [-0.05, 0) is 60.8 Å². The van der Waals surface area contributed by atoms with Crippen LogP contribution in [-0.2, 0) is 12.0 Å². The number of halogens is 2. The summed E-state index contributed by atoms with van der Waals surface area (Å²) in [6, 6.07) is 12.5. The minimum atomic E-state index is -0.531. The molecule has 1 aromatic heterocycles. The number of fused-ring (bicyclic) bond motifs is 2. The van der Waals surface area contributed by atoms with Gasteiger partial charge in [0.2, 0.25) is 0 Å². The maximum Gasteiger partial charge on any atom is 0.251 e. The van der Waals surface area contributed by atoms with E-state index in [2.05, 4.69) is 39.1 Å². The molecule has 0 atom stereocenters. The number of rotatable bonds is 3. The monoisotopic (exact) mass is 438 g/mol. The number of piperidine rings is 1. The number of nitrogens with zero attached hydrogens (tertiary/aromatic N) is 3. The second kappa shape index (κ2) is 7.34. The average molecular weight is 439 g/mol. The molecule has 0 aliphatic carbocycles. The van der Waals surface area contributed by atoms with Gasteiger partial charge in [0.25, 0.3) is 5.91 Å². The predicted octanol–water partition coefficient (Wildman–Crippen LogP) is 4.44. The molecule has 0 spiro atoms. The van der Waals surface area contributed by atoms with E-state index in [-0.39, 0.29) is 5.41 Å². The topological polar surface area (TPSA) is 72.1 Å². The Hall–Kier alpha value is -2.47. The number of primary amides is 1. The van der Waals surface area contributed by atoms with Crippen molar-refractivity contribution < 1.29 is 4.79 Å². The number of hydrogen-bond acceptors (Lipinski definition) is 4. The Labute approximate surface area is 184 Å². The first-order valence-electron chi connectivity index (χ1n) is 9.90. The highest BCUT2D eigenvalue weighted by atomic mass is 35.5. The summed E-state index contributed by atoms with van der Waals surface area (Å²) in [7, 11) is 0. The van der Waals surface area contributed by atoms with E-state index < -0.39 is 5.91 Å². The van der Waals surface area contributed by atoms with Gasteiger partial charge in [-0.1, -0.05) is 41.4 Å². The van der Waals surface area contributed by atoms with E-state index in [0.29, 0.717) is 21.4 Å². The van der Waals surface area contributed by atoms with Gasteiger partial charge >= 0.3 is 0 Å². The lowest BCUT2D eigenvalue weighted by molar-refractivity contribution is 0.0999. The fourth-order valence-corrected chi connectivity index (χ4v) is 5.07. The zero-order chi connectivity index (χ0) is 20.9. The fourth-order valence-electron chi connectivity index (χ4n) is 4.78. The summed E-state index contributed by atoms with van der Waals surface area (Å²) in [6.07, 6.45) is 5.03. The Balaban J connectivity index is 1.61. The van der Waals surface area contributed by atoms with E-state index in [4.69, 9.17) is 28.9 Å². The molecule has 0 radical (unpaired) electrons. The molecule has 2 N–H and O–H groups in total. The largest absolute Gasteiger partial charge is 0.366 e. The summed E-state index contributed by atoms with van der Waals surface area (Å²) in [5.74, 6) is 0.0504. The number of aromatic nitrogens is 2. The van der Waals surface area contributed by atoms with Crippen molar-refractivity contribution >= 4 is 29.1 Å². The van der Waals surface area contributed by atoms with E-state index in [1.807, 2.05) is 12.1 Å². The number of nitrogens with two attached hydrogens (primary N) is 1. The van der Waals surface area contributed by atoms with Gasteiger partial charge in [-0.2, -0.15) is 0 Å². The first kappa shape index (κ1) is 19.5. The third-order valence-corrected chi connectivity index (χ3v) is 7.13. The Morgan fingerprint density at radius 3 is 2.40 bits per heavy atom. The van der Waals surface area contributed by atoms with Crippen LogP contribution in [0.5, 0.6) is 0 Å². The van der Waals surface area contributed by atoms with Crippen molar-refractivity contribution in [2.45, 2.75) is 24.8 Å². The van der Waals surface area contributed by atoms with Crippen LogP contribution >= 0.6 is 23.2 Å². The Morgan fingerprint density at radius 1 is 1.00 bits per heavy atom. The first-order valence-corrected chi connectivity index (χ1v) is 10.7. The van der Waals surface area contributed by atoms with Crippen LogP contribution in [0.1, 0.15) is 39.9 Å². The number of amides is 1. The van der Waals surface area contributed by atoms with Gasteiger partial charge < -0.3 is 5.73 Å². The van der Waals surface area contributed by atoms with E-state index >= 15 is 0 Å². The van der Waals surface area contributed by atoms with Crippen LogP contribution in [0.2, 0.25) is 10.0 Å². The standard InChI is InChI=1S/C23H20Cl2N4O/c24-19-4-2-17(10-20(19)25)23-5-7-29(8-6-23)13-15-9-14(1-3-18(15)23)22-27-11-16(12-28-22)21(26)30/h1-4,9-12H,5-8,13H2,(H2,26,30). The molecule has 3 aliphatic rings. The van der Waals surface area contributed by atoms with Crippen LogP contribution in [-0.4, -0.2) is 33.9 Å². The summed E-state index contributed by atoms with van der Waals surface area (Å²) >= 11 is 12.6. The van der Waals surface area contributed by atoms with Crippen LogP contribution < -0.4 is 5.73 Å². The highest BCUT2D eigenvalue weighted by molar-refractivity contribution is 6.42. The average Bonchev–Trinajstić information content (AvgIpc) is 3.02. The number of carbonyl (C=O) groups is 1. The molecule has 6 rings (SSSR count). The van der Waals surface area contributed by atoms with Gasteiger partial charge in [-0.15, -0.1) is 0 Å². The maximum absolute atomic E-state index is 11.3. The lowest BCUT2D eigenvalue weighted by atomic mass is 9.68. The maximum atomic E-state index is 11.3. The van der Waals surface area contributed by atoms with Gasteiger partial charge in [0, 0.05) is 29.9 Å². The van der Waals surface area contributed by atoms with Crippen LogP contribution in [0, 0.1) is 0 Å². The van der Waals surface area contributed by atoms with E-state index in [1.54, 1.807) is 0 Å². The SMILES string of the molecule is NC(=O)c1cnc(-c2ccc3c(c2)CN2CCC3(c3ccc(Cl)c(Cl)c3)CC2)nc1. The summed E-state index contributed by atoms with van der Waals surface area (Å²) in [6.45, 7) is 2.97.